The lowest BCUT2D eigenvalue weighted by atomic mass is 10.1. The van der Waals surface area contributed by atoms with Crippen LogP contribution in [-0.4, -0.2) is 47.3 Å². The molecule has 7 heteroatoms. The van der Waals surface area contributed by atoms with Gasteiger partial charge in [0.15, 0.2) is 0 Å². The van der Waals surface area contributed by atoms with Crippen LogP contribution in [0, 0.1) is 0 Å². The zero-order valence-electron chi connectivity index (χ0n) is 11.0. The molecule has 0 aliphatic heterocycles. The maximum atomic E-state index is 12.7. The minimum atomic E-state index is -2.65. The Bertz CT molecular complexity index is 649. The Morgan fingerprint density at radius 3 is 2.67 bits per heavy atom. The quantitative estimate of drug-likeness (QED) is 0.853. The Morgan fingerprint density at radius 2 is 2.05 bits per heavy atom. The Morgan fingerprint density at radius 1 is 1.33 bits per heavy atom. The fourth-order valence-corrected chi connectivity index (χ4v) is 2.21. The third-order valence-electron chi connectivity index (χ3n) is 3.02. The van der Waals surface area contributed by atoms with E-state index in [0.29, 0.717) is 10.9 Å². The molecule has 1 heterocycles. The molecule has 0 fully saturated rings. The number of hydrogen-bond acceptors (Lipinski definition) is 4. The highest BCUT2D eigenvalue weighted by molar-refractivity contribution is 6.04. The van der Waals surface area contributed by atoms with Crippen molar-refractivity contribution < 1.29 is 23.8 Å². The smallest absolute Gasteiger partial charge is 0.339 e. The van der Waals surface area contributed by atoms with Gasteiger partial charge in [0.25, 0.3) is 6.43 Å². The number of nitrogens with zero attached hydrogens (tertiary/aromatic N) is 2. The van der Waals surface area contributed by atoms with Crippen molar-refractivity contribution in [2.45, 2.75) is 6.43 Å². The second kappa shape index (κ2) is 6.45. The van der Waals surface area contributed by atoms with E-state index in [0.717, 1.165) is 6.20 Å². The molecule has 0 atom stereocenters. The number of para-hydroxylation sites is 1. The van der Waals surface area contributed by atoms with Crippen LogP contribution >= 0.6 is 0 Å². The van der Waals surface area contributed by atoms with Gasteiger partial charge in [-0.1, -0.05) is 18.2 Å². The lowest BCUT2D eigenvalue weighted by molar-refractivity contribution is 0.0696. The highest BCUT2D eigenvalue weighted by atomic mass is 19.3. The van der Waals surface area contributed by atoms with E-state index in [1.807, 2.05) is 0 Å². The van der Waals surface area contributed by atoms with Gasteiger partial charge in [-0.3, -0.25) is 4.98 Å². The Balaban J connectivity index is 2.66. The first-order valence-electron chi connectivity index (χ1n) is 6.29. The van der Waals surface area contributed by atoms with Crippen LogP contribution < -0.4 is 4.90 Å². The van der Waals surface area contributed by atoms with E-state index in [4.69, 9.17) is 5.11 Å². The summed E-state index contributed by atoms with van der Waals surface area (Å²) in [7, 11) is 0. The number of benzene rings is 1. The average Bonchev–Trinajstić information content (AvgIpc) is 2.45. The molecule has 0 unspecified atom stereocenters. The summed E-state index contributed by atoms with van der Waals surface area (Å²) in [5.41, 5.74) is 0.500. The molecule has 0 saturated heterocycles. The third-order valence-corrected chi connectivity index (χ3v) is 3.02. The molecule has 0 radical (unpaired) electrons. The third kappa shape index (κ3) is 3.25. The summed E-state index contributed by atoms with van der Waals surface area (Å²) < 4.78 is 25.5. The number of carbonyl (C=O) groups is 1. The van der Waals surface area contributed by atoms with E-state index < -0.39 is 18.9 Å². The number of rotatable bonds is 6. The summed E-state index contributed by atoms with van der Waals surface area (Å²) in [6.45, 7) is -1.10. The van der Waals surface area contributed by atoms with Crippen LogP contribution in [-0.2, 0) is 0 Å². The van der Waals surface area contributed by atoms with E-state index in [9.17, 15) is 18.7 Å². The molecule has 0 aliphatic rings. The van der Waals surface area contributed by atoms with Gasteiger partial charge < -0.3 is 15.1 Å². The van der Waals surface area contributed by atoms with E-state index >= 15 is 0 Å². The van der Waals surface area contributed by atoms with Gasteiger partial charge in [-0.2, -0.15) is 0 Å². The fourth-order valence-electron chi connectivity index (χ4n) is 2.21. The largest absolute Gasteiger partial charge is 0.478 e. The first kappa shape index (κ1) is 15.1. The highest BCUT2D eigenvalue weighted by Crippen LogP contribution is 2.30. The molecule has 21 heavy (non-hydrogen) atoms. The first-order chi connectivity index (χ1) is 10.0. The Hall–Kier alpha value is -2.28. The van der Waals surface area contributed by atoms with E-state index in [1.54, 1.807) is 24.3 Å². The second-order valence-electron chi connectivity index (χ2n) is 4.40. The topological polar surface area (TPSA) is 73.7 Å². The van der Waals surface area contributed by atoms with Crippen molar-refractivity contribution in [2.75, 3.05) is 24.6 Å². The molecule has 2 N–H and O–H groups in total. The summed E-state index contributed by atoms with van der Waals surface area (Å²) in [6.07, 6.45) is -1.50. The van der Waals surface area contributed by atoms with E-state index in [2.05, 4.69) is 4.98 Å². The predicted octanol–water partition coefficient (Wildman–Crippen LogP) is 2.00. The fraction of sp³-hybridized carbons (Fsp3) is 0.286. The second-order valence-corrected chi connectivity index (χ2v) is 4.40. The number of aliphatic hydroxyl groups is 1. The number of alkyl halides is 2. The first-order valence-corrected chi connectivity index (χ1v) is 6.29. The molecule has 0 spiro atoms. The van der Waals surface area contributed by atoms with Crippen molar-refractivity contribution in [1.29, 1.82) is 0 Å². The summed E-state index contributed by atoms with van der Waals surface area (Å²) in [5.74, 6) is -1.25. The van der Waals surface area contributed by atoms with E-state index in [1.165, 1.54) is 4.90 Å². The lowest BCUT2D eigenvalue weighted by Crippen LogP contribution is -2.33. The summed E-state index contributed by atoms with van der Waals surface area (Å²) in [6, 6.07) is 6.70. The number of aliphatic hydroxyl groups excluding tert-OH is 1. The normalized spacial score (nSPS) is 11.0. The van der Waals surface area contributed by atoms with Gasteiger partial charge in [-0.05, 0) is 6.07 Å². The van der Waals surface area contributed by atoms with Gasteiger partial charge in [0.05, 0.1) is 24.4 Å². The van der Waals surface area contributed by atoms with Gasteiger partial charge in [-0.15, -0.1) is 0 Å². The van der Waals surface area contributed by atoms with Crippen LogP contribution in [0.25, 0.3) is 10.9 Å². The zero-order chi connectivity index (χ0) is 15.4. The van der Waals surface area contributed by atoms with Crippen LogP contribution in [0.1, 0.15) is 10.4 Å². The number of hydrogen-bond donors (Lipinski definition) is 2. The van der Waals surface area contributed by atoms with Crippen LogP contribution in [0.2, 0.25) is 0 Å². The number of carboxylic acid groups (broad SMARTS) is 1. The SMILES string of the molecule is O=C(O)c1cnc2ccccc2c1N(CCO)CC(F)F. The molecule has 1 aromatic heterocycles. The molecule has 0 saturated carbocycles. The van der Waals surface area contributed by atoms with Gasteiger partial charge in [-0.25, -0.2) is 13.6 Å². The molecule has 2 aromatic rings. The predicted molar refractivity (Wildman–Crippen MR) is 74.0 cm³/mol. The standard InChI is InChI=1S/C14H14F2N2O3/c15-12(16)8-18(5-6-19)13-9-3-1-2-4-11(9)17-7-10(13)14(20)21/h1-4,7,12,19H,5-6,8H2,(H,20,21). The van der Waals surface area contributed by atoms with Crippen LogP contribution in [0.5, 0.6) is 0 Å². The van der Waals surface area contributed by atoms with Crippen molar-refractivity contribution in [2.24, 2.45) is 0 Å². The summed E-state index contributed by atoms with van der Waals surface area (Å²) in [5, 5.41) is 18.8. The van der Waals surface area contributed by atoms with Crippen molar-refractivity contribution in [3.05, 3.63) is 36.0 Å². The van der Waals surface area contributed by atoms with E-state index in [-0.39, 0.29) is 24.4 Å². The number of carboxylic acids is 1. The summed E-state index contributed by atoms with van der Waals surface area (Å²) in [4.78, 5) is 16.5. The monoisotopic (exact) mass is 296 g/mol. The maximum absolute atomic E-state index is 12.7. The van der Waals surface area contributed by atoms with Crippen LogP contribution in [0.4, 0.5) is 14.5 Å². The molecule has 2 rings (SSSR count). The molecular weight excluding hydrogens is 282 g/mol. The lowest BCUT2D eigenvalue weighted by Gasteiger charge is -2.26. The maximum Gasteiger partial charge on any atom is 0.339 e. The average molecular weight is 296 g/mol. The van der Waals surface area contributed by atoms with Crippen LogP contribution in [0.3, 0.4) is 0 Å². The van der Waals surface area contributed by atoms with Gasteiger partial charge >= 0.3 is 5.97 Å². The molecule has 112 valence electrons. The minimum Gasteiger partial charge on any atom is -0.478 e. The number of fused-ring (bicyclic) bond motifs is 1. The molecule has 0 amide bonds. The number of aromatic carboxylic acids is 1. The number of pyridine rings is 1. The molecule has 5 nitrogen and oxygen atoms in total. The Labute approximate surface area is 119 Å². The highest BCUT2D eigenvalue weighted by Gasteiger charge is 2.22. The van der Waals surface area contributed by atoms with Crippen molar-refractivity contribution in [3.63, 3.8) is 0 Å². The zero-order valence-corrected chi connectivity index (χ0v) is 11.0. The van der Waals surface area contributed by atoms with Gasteiger partial charge in [0.2, 0.25) is 0 Å². The molecule has 1 aromatic carbocycles. The van der Waals surface area contributed by atoms with Gasteiger partial charge in [0, 0.05) is 18.1 Å². The number of halogens is 2. The van der Waals surface area contributed by atoms with Crippen molar-refractivity contribution in [3.8, 4) is 0 Å². The van der Waals surface area contributed by atoms with Gasteiger partial charge in [0.1, 0.15) is 5.56 Å². The summed E-state index contributed by atoms with van der Waals surface area (Å²) >= 11 is 0. The van der Waals surface area contributed by atoms with Crippen molar-refractivity contribution >= 4 is 22.6 Å². The van der Waals surface area contributed by atoms with Crippen molar-refractivity contribution in [1.82, 2.24) is 4.98 Å². The molecule has 0 bridgehead atoms. The number of anilines is 1. The minimum absolute atomic E-state index is 0.0847. The Kier molecular flexibility index (Phi) is 4.64. The molecule has 0 aliphatic carbocycles. The molecular formula is C14H14F2N2O3. The number of aromatic nitrogens is 1. The van der Waals surface area contributed by atoms with Crippen LogP contribution in [0.15, 0.2) is 30.5 Å².